The molecule has 1 aromatic heterocycles. The van der Waals surface area contributed by atoms with Crippen LogP contribution in [0.1, 0.15) is 22.7 Å². The Labute approximate surface area is 149 Å². The first kappa shape index (κ1) is 17.7. The van der Waals surface area contributed by atoms with Gasteiger partial charge < -0.3 is 19.8 Å². The van der Waals surface area contributed by atoms with Gasteiger partial charge >= 0.3 is 0 Å². The van der Waals surface area contributed by atoms with Crippen LogP contribution in [0.15, 0.2) is 46.6 Å². The summed E-state index contributed by atoms with van der Waals surface area (Å²) in [4.78, 5) is 13.1. The lowest BCUT2D eigenvalue weighted by atomic mass is 9.84. The standard InChI is InChI=1S/C19H18FN3O3/c1-11-8-15-17(19(24)23(11)6-7-25-2)16(14(10-21)18(22)26-15)12-4-3-5-13(20)9-12/h3-5,8-9,16H,6-7,22H2,1-2H3/t16-/m0/s1. The molecule has 2 N–H and O–H groups in total. The van der Waals surface area contributed by atoms with Crippen LogP contribution in [0.25, 0.3) is 0 Å². The van der Waals surface area contributed by atoms with Gasteiger partial charge in [0, 0.05) is 25.4 Å². The predicted octanol–water partition coefficient (Wildman–Crippen LogP) is 2.16. The molecule has 0 saturated heterocycles. The molecule has 1 atom stereocenters. The number of aryl methyl sites for hydroxylation is 1. The largest absolute Gasteiger partial charge is 0.440 e. The van der Waals surface area contributed by atoms with Crippen LogP contribution < -0.4 is 16.0 Å². The number of nitrogens with two attached hydrogens (primary N) is 1. The van der Waals surface area contributed by atoms with Crippen molar-refractivity contribution in [3.8, 4) is 11.8 Å². The summed E-state index contributed by atoms with van der Waals surface area (Å²) in [6, 6.07) is 9.48. The molecule has 2 heterocycles. The molecule has 0 unspecified atom stereocenters. The highest BCUT2D eigenvalue weighted by atomic mass is 19.1. The van der Waals surface area contributed by atoms with Gasteiger partial charge in [-0.25, -0.2) is 4.39 Å². The maximum atomic E-state index is 13.8. The van der Waals surface area contributed by atoms with Gasteiger partial charge in [0.2, 0.25) is 5.88 Å². The number of allylic oxidation sites excluding steroid dienone is 1. The third-order valence-electron chi connectivity index (χ3n) is 4.39. The van der Waals surface area contributed by atoms with Gasteiger partial charge in [-0.2, -0.15) is 5.26 Å². The lowest BCUT2D eigenvalue weighted by molar-refractivity contribution is 0.185. The maximum Gasteiger partial charge on any atom is 0.258 e. The molecule has 0 aliphatic carbocycles. The summed E-state index contributed by atoms with van der Waals surface area (Å²) in [5.74, 6) is -1.05. The van der Waals surface area contributed by atoms with E-state index in [1.54, 1.807) is 30.7 Å². The van der Waals surface area contributed by atoms with Crippen LogP contribution in [0.4, 0.5) is 4.39 Å². The van der Waals surface area contributed by atoms with E-state index < -0.39 is 11.7 Å². The molecule has 0 radical (unpaired) electrons. The zero-order valence-corrected chi connectivity index (χ0v) is 14.5. The average Bonchev–Trinajstić information content (AvgIpc) is 2.60. The number of halogens is 1. The first-order valence-corrected chi connectivity index (χ1v) is 8.04. The van der Waals surface area contributed by atoms with E-state index in [2.05, 4.69) is 0 Å². The van der Waals surface area contributed by atoms with Crippen molar-refractivity contribution in [2.45, 2.75) is 19.4 Å². The topological polar surface area (TPSA) is 90.3 Å². The lowest BCUT2D eigenvalue weighted by Crippen LogP contribution is -2.33. The molecule has 1 aromatic carbocycles. The van der Waals surface area contributed by atoms with Crippen molar-refractivity contribution in [2.75, 3.05) is 13.7 Å². The van der Waals surface area contributed by atoms with Crippen LogP contribution >= 0.6 is 0 Å². The highest BCUT2D eigenvalue weighted by Crippen LogP contribution is 2.40. The molecule has 1 aliphatic heterocycles. The highest BCUT2D eigenvalue weighted by molar-refractivity contribution is 5.55. The molecule has 134 valence electrons. The van der Waals surface area contributed by atoms with E-state index in [-0.39, 0.29) is 28.3 Å². The molecule has 0 amide bonds. The van der Waals surface area contributed by atoms with Gasteiger partial charge in [-0.3, -0.25) is 4.79 Å². The number of hydrogen-bond donors (Lipinski definition) is 1. The van der Waals surface area contributed by atoms with Crippen LogP contribution in [-0.4, -0.2) is 18.3 Å². The van der Waals surface area contributed by atoms with Crippen molar-refractivity contribution in [1.29, 1.82) is 5.26 Å². The fourth-order valence-electron chi connectivity index (χ4n) is 3.17. The monoisotopic (exact) mass is 355 g/mol. The van der Waals surface area contributed by atoms with Gasteiger partial charge in [-0.05, 0) is 24.6 Å². The van der Waals surface area contributed by atoms with Crippen molar-refractivity contribution in [3.05, 3.63) is 74.8 Å². The molecule has 3 rings (SSSR count). The summed E-state index contributed by atoms with van der Waals surface area (Å²) in [5, 5.41) is 9.55. The summed E-state index contributed by atoms with van der Waals surface area (Å²) in [6.45, 7) is 2.48. The molecule has 0 spiro atoms. The quantitative estimate of drug-likeness (QED) is 0.908. The van der Waals surface area contributed by atoms with Crippen LogP contribution in [-0.2, 0) is 11.3 Å². The number of pyridine rings is 1. The number of ether oxygens (including phenoxy) is 2. The SMILES string of the molecule is COCCn1c(C)cc2c(c1=O)[C@@H](c1cccc(F)c1)C(C#N)=C(N)O2. The van der Waals surface area contributed by atoms with Gasteiger partial charge in [0.1, 0.15) is 23.2 Å². The van der Waals surface area contributed by atoms with Crippen molar-refractivity contribution in [1.82, 2.24) is 4.57 Å². The first-order valence-electron chi connectivity index (χ1n) is 8.04. The van der Waals surface area contributed by atoms with Crippen LogP contribution in [0.2, 0.25) is 0 Å². The second kappa shape index (κ2) is 7.02. The van der Waals surface area contributed by atoms with Crippen molar-refractivity contribution in [2.24, 2.45) is 5.73 Å². The summed E-state index contributed by atoms with van der Waals surface area (Å²) in [6.07, 6.45) is 0. The third-order valence-corrected chi connectivity index (χ3v) is 4.39. The summed E-state index contributed by atoms with van der Waals surface area (Å²) in [5.41, 5.74) is 7.08. The summed E-state index contributed by atoms with van der Waals surface area (Å²) in [7, 11) is 1.55. The molecular weight excluding hydrogens is 337 g/mol. The Kier molecular flexibility index (Phi) is 4.78. The molecule has 6 nitrogen and oxygen atoms in total. The van der Waals surface area contributed by atoms with Gasteiger partial charge in [0.15, 0.2) is 0 Å². The minimum atomic E-state index is -0.790. The van der Waals surface area contributed by atoms with Gasteiger partial charge in [0.05, 0.1) is 18.1 Å². The Bertz CT molecular complexity index is 988. The summed E-state index contributed by atoms with van der Waals surface area (Å²) < 4.78 is 25.9. The van der Waals surface area contributed by atoms with E-state index in [9.17, 15) is 14.4 Å². The average molecular weight is 355 g/mol. The molecular formula is C19H18FN3O3. The van der Waals surface area contributed by atoms with E-state index in [0.717, 1.165) is 0 Å². The van der Waals surface area contributed by atoms with Crippen molar-refractivity contribution < 1.29 is 13.9 Å². The van der Waals surface area contributed by atoms with E-state index in [0.29, 0.717) is 24.4 Å². The number of nitriles is 1. The smallest absolute Gasteiger partial charge is 0.258 e. The van der Waals surface area contributed by atoms with Gasteiger partial charge in [-0.1, -0.05) is 12.1 Å². The number of benzene rings is 1. The first-order chi connectivity index (χ1) is 12.5. The number of hydrogen-bond acceptors (Lipinski definition) is 5. The van der Waals surface area contributed by atoms with E-state index >= 15 is 0 Å². The van der Waals surface area contributed by atoms with Crippen LogP contribution in [0.3, 0.4) is 0 Å². The Morgan fingerprint density at radius 1 is 1.42 bits per heavy atom. The Morgan fingerprint density at radius 2 is 2.19 bits per heavy atom. The Balaban J connectivity index is 2.28. The maximum absolute atomic E-state index is 13.8. The van der Waals surface area contributed by atoms with Crippen LogP contribution in [0, 0.1) is 24.1 Å². The molecule has 0 fully saturated rings. The number of methoxy groups -OCH3 is 1. The van der Waals surface area contributed by atoms with E-state index in [1.807, 2.05) is 6.07 Å². The zero-order valence-electron chi connectivity index (χ0n) is 14.5. The lowest BCUT2D eigenvalue weighted by Gasteiger charge is -2.27. The molecule has 26 heavy (non-hydrogen) atoms. The third kappa shape index (κ3) is 2.95. The Morgan fingerprint density at radius 3 is 2.85 bits per heavy atom. The molecule has 0 saturated carbocycles. The zero-order chi connectivity index (χ0) is 18.8. The number of nitrogens with zero attached hydrogens (tertiary/aromatic N) is 2. The predicted molar refractivity (Wildman–Crippen MR) is 93.0 cm³/mol. The fourth-order valence-corrected chi connectivity index (χ4v) is 3.17. The Hall–Kier alpha value is -3.11. The second-order valence-electron chi connectivity index (χ2n) is 5.99. The van der Waals surface area contributed by atoms with Gasteiger partial charge in [0.25, 0.3) is 5.56 Å². The molecule has 0 bridgehead atoms. The second-order valence-corrected chi connectivity index (χ2v) is 5.99. The number of fused-ring (bicyclic) bond motifs is 1. The highest BCUT2D eigenvalue weighted by Gasteiger charge is 2.34. The minimum Gasteiger partial charge on any atom is -0.440 e. The van der Waals surface area contributed by atoms with Crippen LogP contribution in [0.5, 0.6) is 5.75 Å². The number of aromatic nitrogens is 1. The number of rotatable bonds is 4. The molecule has 2 aromatic rings. The van der Waals surface area contributed by atoms with E-state index in [4.69, 9.17) is 15.2 Å². The minimum absolute atomic E-state index is 0.0808. The fraction of sp³-hybridized carbons (Fsp3) is 0.263. The molecule has 1 aliphatic rings. The normalized spacial score (nSPS) is 16.0. The van der Waals surface area contributed by atoms with E-state index in [1.165, 1.54) is 18.2 Å². The summed E-state index contributed by atoms with van der Waals surface area (Å²) >= 11 is 0. The van der Waals surface area contributed by atoms with Crippen molar-refractivity contribution >= 4 is 0 Å². The van der Waals surface area contributed by atoms with Crippen molar-refractivity contribution in [3.63, 3.8) is 0 Å². The molecule has 7 heteroatoms. The van der Waals surface area contributed by atoms with Gasteiger partial charge in [-0.15, -0.1) is 0 Å².